The van der Waals surface area contributed by atoms with Crippen LogP contribution in [0.3, 0.4) is 0 Å². The van der Waals surface area contributed by atoms with Crippen LogP contribution in [0.4, 0.5) is 4.79 Å². The first-order valence-electron chi connectivity index (χ1n) is 8.08. The number of nitrogens with one attached hydrogen (secondary N) is 2. The summed E-state index contributed by atoms with van der Waals surface area (Å²) in [5.74, 6) is -1.99. The Labute approximate surface area is 154 Å². The van der Waals surface area contributed by atoms with Crippen molar-refractivity contribution in [3.8, 4) is 5.69 Å². The van der Waals surface area contributed by atoms with Gasteiger partial charge in [0.15, 0.2) is 0 Å². The minimum absolute atomic E-state index is 0.170. The summed E-state index contributed by atoms with van der Waals surface area (Å²) in [4.78, 5) is 47.2. The molecule has 1 aliphatic rings. The number of nitrogens with zero attached hydrogens (tertiary/aromatic N) is 1. The van der Waals surface area contributed by atoms with Crippen molar-refractivity contribution in [2.75, 3.05) is 7.11 Å². The second-order valence-corrected chi connectivity index (χ2v) is 5.97. The number of aromatic nitrogens is 1. The minimum Gasteiger partial charge on any atom is -0.465 e. The molecule has 0 aliphatic carbocycles. The molecule has 8 heteroatoms. The van der Waals surface area contributed by atoms with Gasteiger partial charge in [0.1, 0.15) is 5.57 Å². The van der Waals surface area contributed by atoms with E-state index in [-0.39, 0.29) is 5.57 Å². The average molecular weight is 367 g/mol. The molecular formula is C19H17N3O5. The molecule has 0 atom stereocenters. The number of methoxy groups -OCH3 is 1. The number of urea groups is 1. The molecule has 1 aromatic carbocycles. The van der Waals surface area contributed by atoms with Crippen LogP contribution in [0.5, 0.6) is 0 Å². The van der Waals surface area contributed by atoms with Crippen molar-refractivity contribution in [2.24, 2.45) is 0 Å². The molecule has 138 valence electrons. The molecule has 3 rings (SSSR count). The second kappa shape index (κ2) is 6.91. The SMILES string of the molecule is COC(=O)c1ccccc1-n1c(C)cc(C=C2C(=O)NC(=O)NC2=O)c1C. The maximum absolute atomic E-state index is 12.1. The summed E-state index contributed by atoms with van der Waals surface area (Å²) in [5.41, 5.74) is 2.96. The Bertz CT molecular complexity index is 994. The molecule has 2 N–H and O–H groups in total. The molecule has 2 aromatic rings. The zero-order chi connectivity index (χ0) is 19.7. The third kappa shape index (κ3) is 3.24. The highest BCUT2D eigenvalue weighted by atomic mass is 16.5. The normalized spacial score (nSPS) is 13.9. The van der Waals surface area contributed by atoms with E-state index in [9.17, 15) is 19.2 Å². The van der Waals surface area contributed by atoms with Gasteiger partial charge >= 0.3 is 12.0 Å². The summed E-state index contributed by atoms with van der Waals surface area (Å²) >= 11 is 0. The molecule has 1 aromatic heterocycles. The molecule has 2 heterocycles. The number of rotatable bonds is 3. The summed E-state index contributed by atoms with van der Waals surface area (Å²) in [6, 6.07) is 7.91. The van der Waals surface area contributed by atoms with E-state index >= 15 is 0 Å². The van der Waals surface area contributed by atoms with Crippen molar-refractivity contribution < 1.29 is 23.9 Å². The van der Waals surface area contributed by atoms with E-state index in [1.54, 1.807) is 37.3 Å². The van der Waals surface area contributed by atoms with Gasteiger partial charge in [0.2, 0.25) is 0 Å². The van der Waals surface area contributed by atoms with Crippen molar-refractivity contribution >= 4 is 29.9 Å². The molecule has 0 bridgehead atoms. The van der Waals surface area contributed by atoms with E-state index < -0.39 is 23.8 Å². The summed E-state index contributed by atoms with van der Waals surface area (Å²) in [7, 11) is 1.31. The van der Waals surface area contributed by atoms with Gasteiger partial charge in [-0.05, 0) is 43.7 Å². The lowest BCUT2D eigenvalue weighted by Gasteiger charge is -2.15. The Hall–Kier alpha value is -3.68. The van der Waals surface area contributed by atoms with E-state index in [1.165, 1.54) is 13.2 Å². The monoisotopic (exact) mass is 367 g/mol. The largest absolute Gasteiger partial charge is 0.465 e. The van der Waals surface area contributed by atoms with Crippen molar-refractivity contribution in [3.63, 3.8) is 0 Å². The number of para-hydroxylation sites is 1. The van der Waals surface area contributed by atoms with Crippen molar-refractivity contribution in [1.82, 2.24) is 15.2 Å². The minimum atomic E-state index is -0.848. The highest BCUT2D eigenvalue weighted by Crippen LogP contribution is 2.25. The van der Waals surface area contributed by atoms with Crippen molar-refractivity contribution in [3.05, 3.63) is 58.4 Å². The van der Waals surface area contributed by atoms with Crippen LogP contribution in [-0.4, -0.2) is 35.5 Å². The van der Waals surface area contributed by atoms with Gasteiger partial charge in [-0.1, -0.05) is 12.1 Å². The van der Waals surface area contributed by atoms with Gasteiger partial charge in [0.25, 0.3) is 11.8 Å². The van der Waals surface area contributed by atoms with Gasteiger partial charge in [-0.3, -0.25) is 20.2 Å². The number of barbiturate groups is 1. The lowest BCUT2D eigenvalue weighted by atomic mass is 10.1. The summed E-state index contributed by atoms with van der Waals surface area (Å²) in [6.07, 6.45) is 1.41. The number of carbonyl (C=O) groups excluding carboxylic acids is 4. The molecular weight excluding hydrogens is 350 g/mol. The zero-order valence-corrected chi connectivity index (χ0v) is 15.0. The van der Waals surface area contributed by atoms with Crippen LogP contribution in [0, 0.1) is 13.8 Å². The first kappa shape index (κ1) is 18.1. The molecule has 4 amide bonds. The quantitative estimate of drug-likeness (QED) is 0.487. The summed E-state index contributed by atoms with van der Waals surface area (Å²) in [5, 5.41) is 4.08. The number of aryl methyl sites for hydroxylation is 1. The number of ether oxygens (including phenoxy) is 1. The molecule has 8 nitrogen and oxygen atoms in total. The fraction of sp³-hybridized carbons (Fsp3) is 0.158. The Kier molecular flexibility index (Phi) is 4.64. The number of hydrogen-bond acceptors (Lipinski definition) is 5. The van der Waals surface area contributed by atoms with Gasteiger partial charge in [-0.15, -0.1) is 0 Å². The lowest BCUT2D eigenvalue weighted by molar-refractivity contribution is -0.123. The number of benzene rings is 1. The molecule has 1 saturated heterocycles. The highest BCUT2D eigenvalue weighted by Gasteiger charge is 2.28. The van der Waals surface area contributed by atoms with Crippen LogP contribution in [0.25, 0.3) is 11.8 Å². The predicted molar refractivity (Wildman–Crippen MR) is 96.2 cm³/mol. The molecule has 0 saturated carbocycles. The van der Waals surface area contributed by atoms with Crippen molar-refractivity contribution in [2.45, 2.75) is 13.8 Å². The summed E-state index contributed by atoms with van der Waals surface area (Å²) < 4.78 is 6.68. The Morgan fingerprint density at radius 3 is 2.33 bits per heavy atom. The number of carbonyl (C=O) groups is 4. The smallest absolute Gasteiger partial charge is 0.339 e. The second-order valence-electron chi connectivity index (χ2n) is 5.97. The highest BCUT2D eigenvalue weighted by molar-refractivity contribution is 6.31. The molecule has 0 radical (unpaired) electrons. The number of imide groups is 2. The molecule has 27 heavy (non-hydrogen) atoms. The van der Waals surface area contributed by atoms with E-state index in [4.69, 9.17) is 4.74 Å². The van der Waals surface area contributed by atoms with Gasteiger partial charge in [-0.2, -0.15) is 0 Å². The summed E-state index contributed by atoms with van der Waals surface area (Å²) in [6.45, 7) is 3.64. The Balaban J connectivity index is 2.11. The fourth-order valence-corrected chi connectivity index (χ4v) is 3.02. The van der Waals surface area contributed by atoms with Gasteiger partial charge < -0.3 is 9.30 Å². The van der Waals surface area contributed by atoms with Crippen LogP contribution in [-0.2, 0) is 14.3 Å². The number of hydrogen-bond donors (Lipinski definition) is 2. The van der Waals surface area contributed by atoms with Gasteiger partial charge in [0.05, 0.1) is 18.4 Å². The lowest BCUT2D eigenvalue weighted by Crippen LogP contribution is -2.51. The zero-order valence-electron chi connectivity index (χ0n) is 15.0. The maximum atomic E-state index is 12.1. The van der Waals surface area contributed by atoms with Gasteiger partial charge in [0, 0.05) is 11.4 Å². The molecule has 1 fully saturated rings. The maximum Gasteiger partial charge on any atom is 0.339 e. The Morgan fingerprint density at radius 1 is 1.07 bits per heavy atom. The number of esters is 1. The molecule has 0 spiro atoms. The van der Waals surface area contributed by atoms with Crippen LogP contribution in [0.2, 0.25) is 0 Å². The predicted octanol–water partition coefficient (Wildman–Crippen LogP) is 1.63. The third-order valence-electron chi connectivity index (χ3n) is 4.26. The third-order valence-corrected chi connectivity index (χ3v) is 4.26. The van der Waals surface area contributed by atoms with E-state index in [1.807, 2.05) is 22.1 Å². The average Bonchev–Trinajstić information content (AvgIpc) is 2.90. The van der Waals surface area contributed by atoms with Crippen molar-refractivity contribution in [1.29, 1.82) is 0 Å². The van der Waals surface area contributed by atoms with E-state index in [2.05, 4.69) is 0 Å². The Morgan fingerprint density at radius 2 is 1.70 bits per heavy atom. The first-order chi connectivity index (χ1) is 12.8. The van der Waals surface area contributed by atoms with Crippen LogP contribution >= 0.6 is 0 Å². The standard InChI is InChI=1S/C19H17N3O5/c1-10-8-12(9-14-16(23)20-19(26)21-17(14)24)11(2)22(10)15-7-5-4-6-13(15)18(25)27-3/h4-9H,1-3H3,(H2,20,21,23,24,26). The molecule has 0 unspecified atom stereocenters. The number of amides is 4. The van der Waals surface area contributed by atoms with Crippen LogP contribution in [0.15, 0.2) is 35.9 Å². The van der Waals surface area contributed by atoms with Gasteiger partial charge in [-0.25, -0.2) is 9.59 Å². The van der Waals surface area contributed by atoms with E-state index in [0.29, 0.717) is 22.5 Å². The topological polar surface area (TPSA) is 106 Å². The molecule has 1 aliphatic heterocycles. The fourth-order valence-electron chi connectivity index (χ4n) is 3.02. The first-order valence-corrected chi connectivity index (χ1v) is 8.08. The van der Waals surface area contributed by atoms with Crippen LogP contribution < -0.4 is 10.6 Å². The van der Waals surface area contributed by atoms with Crippen LogP contribution in [0.1, 0.15) is 27.3 Å². The van der Waals surface area contributed by atoms with E-state index in [0.717, 1.165) is 5.69 Å².